The molecule has 0 N–H and O–H groups in total. The van der Waals surface area contributed by atoms with E-state index in [0.717, 1.165) is 27.5 Å². The fourth-order valence-corrected chi connectivity index (χ4v) is 7.71. The van der Waals surface area contributed by atoms with E-state index in [-0.39, 0.29) is 0 Å². The highest BCUT2D eigenvalue weighted by Crippen LogP contribution is 2.47. The van der Waals surface area contributed by atoms with E-state index in [4.69, 9.17) is 4.42 Å². The van der Waals surface area contributed by atoms with Crippen LogP contribution in [-0.2, 0) is 0 Å². The highest BCUT2D eigenvalue weighted by molar-refractivity contribution is 6.19. The molecule has 1 heterocycles. The Morgan fingerprint density at radius 3 is 1.72 bits per heavy atom. The minimum absolute atomic E-state index is 0.927. The van der Waals surface area contributed by atoms with Crippen molar-refractivity contribution in [1.29, 1.82) is 0 Å². The van der Waals surface area contributed by atoms with E-state index >= 15 is 0 Å². The normalized spacial score (nSPS) is 11.8. The van der Waals surface area contributed by atoms with Crippen molar-refractivity contribution in [2.75, 3.05) is 0 Å². The fraction of sp³-hybridized carbons (Fsp3) is 0. The van der Waals surface area contributed by atoms with Crippen molar-refractivity contribution < 1.29 is 4.42 Å². The van der Waals surface area contributed by atoms with Gasteiger partial charge in [0.05, 0.1) is 6.26 Å². The first-order chi connectivity index (χ1) is 23.3. The molecule has 1 nitrogen and oxygen atoms in total. The second-order valence-corrected chi connectivity index (χ2v) is 12.5. The Hall–Kier alpha value is -6.18. The van der Waals surface area contributed by atoms with E-state index in [2.05, 4.69) is 164 Å². The predicted octanol–water partition coefficient (Wildman–Crippen LogP) is 13.2. The molecule has 0 saturated carbocycles. The van der Waals surface area contributed by atoms with Gasteiger partial charge in [0.1, 0.15) is 5.58 Å². The topological polar surface area (TPSA) is 13.1 Å². The van der Waals surface area contributed by atoms with Crippen LogP contribution >= 0.6 is 0 Å². The Kier molecular flexibility index (Phi) is 5.64. The van der Waals surface area contributed by atoms with Gasteiger partial charge in [0.15, 0.2) is 0 Å². The Balaban J connectivity index is 1.29. The summed E-state index contributed by atoms with van der Waals surface area (Å²) in [7, 11) is 0. The molecule has 0 amide bonds. The van der Waals surface area contributed by atoms with Gasteiger partial charge in [0, 0.05) is 16.3 Å². The lowest BCUT2D eigenvalue weighted by Crippen LogP contribution is -1.92. The van der Waals surface area contributed by atoms with Crippen LogP contribution in [0.5, 0.6) is 0 Å². The number of hydrogen-bond donors (Lipinski definition) is 0. The zero-order chi connectivity index (χ0) is 30.9. The SMILES string of the molecule is c1ccc(-c2coc3c2ccc2c4ccccc4ccc23)c(-c2c(-c3cccc4ccccc34)ccc3cc4ccccc4cc23)c1. The van der Waals surface area contributed by atoms with Gasteiger partial charge in [-0.1, -0.05) is 140 Å². The van der Waals surface area contributed by atoms with Crippen LogP contribution in [0.2, 0.25) is 0 Å². The fourth-order valence-electron chi connectivity index (χ4n) is 7.71. The molecule has 0 saturated heterocycles. The van der Waals surface area contributed by atoms with Gasteiger partial charge in [-0.2, -0.15) is 0 Å². The van der Waals surface area contributed by atoms with Gasteiger partial charge in [0.25, 0.3) is 0 Å². The molecule has 218 valence electrons. The second-order valence-electron chi connectivity index (χ2n) is 12.5. The van der Waals surface area contributed by atoms with Crippen LogP contribution in [0.4, 0.5) is 0 Å². The monoisotopic (exact) mass is 596 g/mol. The highest BCUT2D eigenvalue weighted by atomic mass is 16.3. The van der Waals surface area contributed by atoms with E-state index in [1.807, 2.05) is 6.26 Å². The van der Waals surface area contributed by atoms with E-state index in [0.29, 0.717) is 0 Å². The Morgan fingerprint density at radius 2 is 0.872 bits per heavy atom. The first-order valence-corrected chi connectivity index (χ1v) is 16.2. The molecule has 0 atom stereocenters. The molecule has 0 aliphatic heterocycles. The summed E-state index contributed by atoms with van der Waals surface area (Å²) < 4.78 is 6.47. The van der Waals surface area contributed by atoms with E-state index in [9.17, 15) is 0 Å². The van der Waals surface area contributed by atoms with Gasteiger partial charge >= 0.3 is 0 Å². The number of fused-ring (bicyclic) bond motifs is 8. The van der Waals surface area contributed by atoms with Crippen LogP contribution in [0, 0.1) is 0 Å². The van der Waals surface area contributed by atoms with Gasteiger partial charge in [-0.05, 0) is 101 Å². The lowest BCUT2D eigenvalue weighted by Gasteiger charge is -2.19. The summed E-state index contributed by atoms with van der Waals surface area (Å²) in [5.74, 6) is 0. The molecule has 0 radical (unpaired) electrons. The minimum Gasteiger partial charge on any atom is -0.463 e. The summed E-state index contributed by atoms with van der Waals surface area (Å²) in [5, 5.41) is 13.4. The maximum atomic E-state index is 6.47. The van der Waals surface area contributed by atoms with Crippen LogP contribution in [0.15, 0.2) is 174 Å². The largest absolute Gasteiger partial charge is 0.463 e. The number of benzene rings is 9. The molecule has 1 aromatic heterocycles. The van der Waals surface area contributed by atoms with Gasteiger partial charge < -0.3 is 4.42 Å². The molecule has 10 rings (SSSR count). The van der Waals surface area contributed by atoms with Crippen LogP contribution < -0.4 is 0 Å². The van der Waals surface area contributed by atoms with Gasteiger partial charge in [-0.25, -0.2) is 0 Å². The molecule has 10 aromatic rings. The summed E-state index contributed by atoms with van der Waals surface area (Å²) in [6, 6.07) is 59.6. The molecule has 9 aromatic carbocycles. The number of hydrogen-bond acceptors (Lipinski definition) is 1. The quantitative estimate of drug-likeness (QED) is 0.146. The average Bonchev–Trinajstić information content (AvgIpc) is 3.58. The lowest BCUT2D eigenvalue weighted by atomic mass is 9.84. The summed E-state index contributed by atoms with van der Waals surface area (Å²) in [4.78, 5) is 0. The Labute approximate surface area is 271 Å². The van der Waals surface area contributed by atoms with Crippen LogP contribution in [0.3, 0.4) is 0 Å². The average molecular weight is 597 g/mol. The second kappa shape index (κ2) is 10.2. The van der Waals surface area contributed by atoms with E-state index in [1.165, 1.54) is 70.7 Å². The van der Waals surface area contributed by atoms with Crippen LogP contribution in [0.1, 0.15) is 0 Å². The molecule has 0 bridgehead atoms. The molecule has 0 fully saturated rings. The highest BCUT2D eigenvalue weighted by Gasteiger charge is 2.20. The third kappa shape index (κ3) is 3.97. The van der Waals surface area contributed by atoms with Crippen molar-refractivity contribution in [2.45, 2.75) is 0 Å². The molecule has 0 aliphatic rings. The number of rotatable bonds is 3. The molecular weight excluding hydrogens is 569 g/mol. The minimum atomic E-state index is 0.927. The zero-order valence-corrected chi connectivity index (χ0v) is 25.6. The summed E-state index contributed by atoms with van der Waals surface area (Å²) >= 11 is 0. The molecule has 47 heavy (non-hydrogen) atoms. The van der Waals surface area contributed by atoms with Gasteiger partial charge in [-0.3, -0.25) is 0 Å². The molecule has 1 heteroatoms. The molecule has 0 spiro atoms. The first-order valence-electron chi connectivity index (χ1n) is 16.2. The third-order valence-electron chi connectivity index (χ3n) is 9.91. The Morgan fingerprint density at radius 1 is 0.277 bits per heavy atom. The van der Waals surface area contributed by atoms with E-state index < -0.39 is 0 Å². The van der Waals surface area contributed by atoms with Gasteiger partial charge in [0.2, 0.25) is 0 Å². The maximum Gasteiger partial charge on any atom is 0.142 e. The van der Waals surface area contributed by atoms with Crippen LogP contribution in [-0.4, -0.2) is 0 Å². The van der Waals surface area contributed by atoms with Crippen molar-refractivity contribution in [3.05, 3.63) is 170 Å². The van der Waals surface area contributed by atoms with Crippen LogP contribution in [0.25, 0.3) is 98.2 Å². The summed E-state index contributed by atoms with van der Waals surface area (Å²) in [6.07, 6.45) is 1.95. The molecular formula is C46H28O. The summed E-state index contributed by atoms with van der Waals surface area (Å²) in [5.41, 5.74) is 8.08. The van der Waals surface area contributed by atoms with Crippen molar-refractivity contribution in [1.82, 2.24) is 0 Å². The third-order valence-corrected chi connectivity index (χ3v) is 9.91. The predicted molar refractivity (Wildman–Crippen MR) is 200 cm³/mol. The van der Waals surface area contributed by atoms with E-state index in [1.54, 1.807) is 0 Å². The van der Waals surface area contributed by atoms with Gasteiger partial charge in [-0.15, -0.1) is 0 Å². The maximum absolute atomic E-state index is 6.47. The van der Waals surface area contributed by atoms with Crippen molar-refractivity contribution in [2.24, 2.45) is 0 Å². The van der Waals surface area contributed by atoms with Crippen molar-refractivity contribution in [3.63, 3.8) is 0 Å². The standard InChI is InChI=1S/C46H28O/c1-2-13-32-27-43-33(26-31(32)12-1)21-22-40(36-19-9-14-29-10-3-5-15-34(29)36)45(43)39-18-8-7-17-37(39)44-28-47-46-41-23-20-30-11-4-6-16-35(30)38(41)24-25-42(44)46/h1-28H. The number of furan rings is 1. The van der Waals surface area contributed by atoms with Crippen molar-refractivity contribution >= 4 is 64.8 Å². The lowest BCUT2D eigenvalue weighted by molar-refractivity contribution is 0.620. The van der Waals surface area contributed by atoms with Crippen molar-refractivity contribution in [3.8, 4) is 33.4 Å². The summed E-state index contributed by atoms with van der Waals surface area (Å²) in [6.45, 7) is 0. The first kappa shape index (κ1) is 26.1. The zero-order valence-electron chi connectivity index (χ0n) is 25.6. The Bertz CT molecular complexity index is 2850. The molecule has 0 unspecified atom stereocenters. The molecule has 0 aliphatic carbocycles. The smallest absolute Gasteiger partial charge is 0.142 e.